The van der Waals surface area contributed by atoms with Gasteiger partial charge in [-0.2, -0.15) is 0 Å². The molecule has 0 aliphatic carbocycles. The zero-order valence-corrected chi connectivity index (χ0v) is 23.0. The third kappa shape index (κ3) is 6.30. The standard InChI is InChI=1S/C26H33N6O5P/c1-17(2)36-25(33)26(4,5)31-38(34,37-21-12-8-10-19-9-6-7-11-20(19)21)16-35-18(3)13-32-15-30-22-23(27)28-14-29-24(22)32/h6-12,14-15,17-18H,13,16H2,1-5H3,(H,31,34)(H2,27,28,29)/t18-,38-/m1/s1. The highest BCUT2D eigenvalue weighted by molar-refractivity contribution is 7.57. The number of fused-ring (bicyclic) bond motifs is 2. The van der Waals surface area contributed by atoms with Crippen molar-refractivity contribution in [2.45, 2.75) is 58.9 Å². The fourth-order valence-corrected chi connectivity index (χ4v) is 5.97. The van der Waals surface area contributed by atoms with Crippen molar-refractivity contribution in [3.63, 3.8) is 0 Å². The van der Waals surface area contributed by atoms with Gasteiger partial charge in [-0.1, -0.05) is 36.4 Å². The van der Waals surface area contributed by atoms with E-state index in [4.69, 9.17) is 19.7 Å². The first-order chi connectivity index (χ1) is 18.0. The van der Waals surface area contributed by atoms with Gasteiger partial charge in [-0.25, -0.2) is 20.0 Å². The lowest BCUT2D eigenvalue weighted by Gasteiger charge is -2.31. The van der Waals surface area contributed by atoms with Gasteiger partial charge in [0.1, 0.15) is 29.5 Å². The largest absolute Gasteiger partial charge is 0.462 e. The predicted octanol–water partition coefficient (Wildman–Crippen LogP) is 4.52. The van der Waals surface area contributed by atoms with Crippen molar-refractivity contribution in [2.24, 2.45) is 0 Å². The molecule has 0 unspecified atom stereocenters. The fraction of sp³-hybridized carbons (Fsp3) is 0.385. The van der Waals surface area contributed by atoms with Crippen molar-refractivity contribution in [1.29, 1.82) is 0 Å². The van der Waals surface area contributed by atoms with Crippen LogP contribution in [0.5, 0.6) is 5.75 Å². The molecule has 0 aliphatic rings. The zero-order valence-electron chi connectivity index (χ0n) is 22.1. The van der Waals surface area contributed by atoms with Gasteiger partial charge < -0.3 is 24.3 Å². The summed E-state index contributed by atoms with van der Waals surface area (Å²) in [6, 6.07) is 13.1. The van der Waals surface area contributed by atoms with Gasteiger partial charge in [0.05, 0.1) is 25.1 Å². The van der Waals surface area contributed by atoms with Crippen LogP contribution in [0.15, 0.2) is 55.1 Å². The van der Waals surface area contributed by atoms with E-state index in [1.807, 2.05) is 43.3 Å². The molecule has 2 heterocycles. The second-order valence-corrected chi connectivity index (χ2v) is 11.9. The number of hydrogen-bond acceptors (Lipinski definition) is 9. The van der Waals surface area contributed by atoms with Gasteiger partial charge in [0.15, 0.2) is 11.5 Å². The highest BCUT2D eigenvalue weighted by Gasteiger charge is 2.40. The van der Waals surface area contributed by atoms with Crippen molar-refractivity contribution in [2.75, 3.05) is 12.1 Å². The number of carbonyl (C=O) groups is 1. The van der Waals surface area contributed by atoms with Gasteiger partial charge in [-0.3, -0.25) is 9.36 Å². The Morgan fingerprint density at radius 1 is 1.11 bits per heavy atom. The molecule has 4 rings (SSSR count). The molecule has 38 heavy (non-hydrogen) atoms. The number of aromatic nitrogens is 4. The highest BCUT2D eigenvalue weighted by atomic mass is 31.2. The molecule has 0 saturated carbocycles. The molecule has 2 atom stereocenters. The number of nitrogens with zero attached hydrogens (tertiary/aromatic N) is 4. The van der Waals surface area contributed by atoms with Crippen LogP contribution in [-0.2, 0) is 25.4 Å². The van der Waals surface area contributed by atoms with Crippen LogP contribution in [0.3, 0.4) is 0 Å². The molecule has 202 valence electrons. The fourth-order valence-electron chi connectivity index (χ4n) is 3.94. The summed E-state index contributed by atoms with van der Waals surface area (Å²) in [6.07, 6.45) is 1.92. The van der Waals surface area contributed by atoms with E-state index in [1.165, 1.54) is 6.33 Å². The molecule has 4 aromatic rings. The number of nitrogens with one attached hydrogen (secondary N) is 1. The molecular formula is C26H33N6O5P. The summed E-state index contributed by atoms with van der Waals surface area (Å²) in [6.45, 7) is 8.90. The number of benzene rings is 2. The van der Waals surface area contributed by atoms with Gasteiger partial charge in [-0.05, 0) is 46.1 Å². The van der Waals surface area contributed by atoms with Crippen LogP contribution in [0.4, 0.5) is 5.82 Å². The maximum atomic E-state index is 14.3. The lowest BCUT2D eigenvalue weighted by Crippen LogP contribution is -2.48. The van der Waals surface area contributed by atoms with E-state index in [0.717, 1.165) is 10.8 Å². The van der Waals surface area contributed by atoms with Gasteiger partial charge in [0.2, 0.25) is 0 Å². The summed E-state index contributed by atoms with van der Waals surface area (Å²) < 4.78 is 33.6. The molecule has 0 fully saturated rings. The monoisotopic (exact) mass is 540 g/mol. The van der Waals surface area contributed by atoms with Gasteiger partial charge in [-0.15, -0.1) is 0 Å². The van der Waals surface area contributed by atoms with E-state index >= 15 is 0 Å². The minimum Gasteiger partial charge on any atom is -0.462 e. The number of imidazole rings is 1. The number of anilines is 1. The Morgan fingerprint density at radius 3 is 2.61 bits per heavy atom. The SMILES string of the molecule is CC(C)OC(=O)C(C)(C)N[P@@](=O)(CO[C@H](C)Cn1cnc2c(N)ncnc21)Oc1cccc2ccccc12. The Kier molecular flexibility index (Phi) is 8.01. The molecule has 0 bridgehead atoms. The maximum Gasteiger partial charge on any atom is 0.342 e. The molecule has 0 saturated heterocycles. The normalized spacial score (nSPS) is 14.5. The summed E-state index contributed by atoms with van der Waals surface area (Å²) in [5.74, 6) is 0.149. The van der Waals surface area contributed by atoms with Crippen LogP contribution in [0.25, 0.3) is 21.9 Å². The van der Waals surface area contributed by atoms with E-state index in [0.29, 0.717) is 23.5 Å². The molecule has 0 radical (unpaired) electrons. The lowest BCUT2D eigenvalue weighted by atomic mass is 10.1. The Labute approximate surface area is 221 Å². The van der Waals surface area contributed by atoms with Crippen LogP contribution < -0.4 is 15.3 Å². The average molecular weight is 541 g/mol. The molecule has 3 N–H and O–H groups in total. The predicted molar refractivity (Wildman–Crippen MR) is 146 cm³/mol. The van der Waals surface area contributed by atoms with Crippen LogP contribution in [-0.4, -0.2) is 49.6 Å². The maximum absolute atomic E-state index is 14.3. The second kappa shape index (κ2) is 11.1. The van der Waals surface area contributed by atoms with Crippen molar-refractivity contribution in [1.82, 2.24) is 24.6 Å². The third-order valence-corrected chi connectivity index (χ3v) is 7.59. The van der Waals surface area contributed by atoms with Gasteiger partial charge >= 0.3 is 13.5 Å². The third-order valence-electron chi connectivity index (χ3n) is 5.71. The number of esters is 1. The summed E-state index contributed by atoms with van der Waals surface area (Å²) in [7, 11) is -3.81. The minimum absolute atomic E-state index is 0.287. The quantitative estimate of drug-likeness (QED) is 0.206. The Hall–Kier alpha value is -3.53. The van der Waals surface area contributed by atoms with Crippen molar-refractivity contribution < 1.29 is 23.4 Å². The minimum atomic E-state index is -3.81. The summed E-state index contributed by atoms with van der Waals surface area (Å²) in [5, 5.41) is 4.63. The summed E-state index contributed by atoms with van der Waals surface area (Å²) >= 11 is 0. The molecule has 2 aromatic heterocycles. The molecule has 0 aliphatic heterocycles. The van der Waals surface area contributed by atoms with E-state index in [2.05, 4.69) is 20.0 Å². The number of carbonyl (C=O) groups excluding carboxylic acids is 1. The first-order valence-electron chi connectivity index (χ1n) is 12.3. The van der Waals surface area contributed by atoms with Gasteiger partial charge in [0, 0.05) is 5.39 Å². The number of rotatable bonds is 11. The van der Waals surface area contributed by atoms with Crippen LogP contribution in [0, 0.1) is 0 Å². The first kappa shape index (κ1) is 27.5. The number of nitrogen functional groups attached to an aromatic ring is 1. The van der Waals surface area contributed by atoms with Gasteiger partial charge in [0.25, 0.3) is 0 Å². The van der Waals surface area contributed by atoms with E-state index in [9.17, 15) is 9.36 Å². The highest BCUT2D eigenvalue weighted by Crippen LogP contribution is 2.47. The smallest absolute Gasteiger partial charge is 0.342 e. The number of hydrogen-bond donors (Lipinski definition) is 2. The summed E-state index contributed by atoms with van der Waals surface area (Å²) in [5.41, 5.74) is 5.64. The number of nitrogens with two attached hydrogens (primary N) is 1. The zero-order chi connectivity index (χ0) is 27.5. The molecule has 12 heteroatoms. The molecule has 0 amide bonds. The topological polar surface area (TPSA) is 143 Å². The molecule has 0 spiro atoms. The molecular weight excluding hydrogens is 507 g/mol. The Morgan fingerprint density at radius 2 is 1.84 bits per heavy atom. The van der Waals surface area contributed by atoms with E-state index in [-0.39, 0.29) is 18.3 Å². The lowest BCUT2D eigenvalue weighted by molar-refractivity contribution is -0.153. The Bertz CT molecular complexity index is 1480. The number of ether oxygens (including phenoxy) is 2. The molecule has 11 nitrogen and oxygen atoms in total. The van der Waals surface area contributed by atoms with Crippen molar-refractivity contribution in [3.8, 4) is 5.75 Å². The van der Waals surface area contributed by atoms with Crippen molar-refractivity contribution in [3.05, 3.63) is 55.1 Å². The van der Waals surface area contributed by atoms with E-state index < -0.39 is 25.1 Å². The van der Waals surface area contributed by atoms with Crippen LogP contribution in [0.1, 0.15) is 34.6 Å². The van der Waals surface area contributed by atoms with Crippen LogP contribution in [0.2, 0.25) is 0 Å². The first-order valence-corrected chi connectivity index (χ1v) is 14.1. The average Bonchev–Trinajstić information content (AvgIpc) is 3.26. The van der Waals surface area contributed by atoms with Crippen molar-refractivity contribution >= 4 is 41.2 Å². The Balaban J connectivity index is 1.57. The summed E-state index contributed by atoms with van der Waals surface area (Å²) in [4.78, 5) is 25.3. The molecule has 2 aromatic carbocycles. The second-order valence-electron chi connectivity index (χ2n) is 9.87. The van der Waals surface area contributed by atoms with Crippen LogP contribution >= 0.6 is 7.52 Å². The van der Waals surface area contributed by atoms with E-state index in [1.54, 1.807) is 44.7 Å².